The largest absolute Gasteiger partial charge is 0.324 e. The van der Waals surface area contributed by atoms with Gasteiger partial charge in [0.15, 0.2) is 0 Å². The summed E-state index contributed by atoms with van der Waals surface area (Å²) in [6.45, 7) is 5.78. The minimum absolute atomic E-state index is 0.0411. The molecule has 0 spiro atoms. The lowest BCUT2D eigenvalue weighted by atomic mass is 9.95. The number of rotatable bonds is 2. The monoisotopic (exact) mass is 194 g/mol. The number of nitriles is 1. The fraction of sp³-hybridized carbons (Fsp3) is 0.818. The van der Waals surface area contributed by atoms with Gasteiger partial charge in [-0.05, 0) is 18.8 Å². The van der Waals surface area contributed by atoms with Gasteiger partial charge in [-0.1, -0.05) is 20.3 Å². The Morgan fingerprint density at radius 2 is 2.14 bits per heavy atom. The van der Waals surface area contributed by atoms with Crippen LogP contribution in [0.3, 0.4) is 0 Å². The molecule has 1 amide bonds. The highest BCUT2D eigenvalue weighted by molar-refractivity contribution is 5.74. The third-order valence-corrected chi connectivity index (χ3v) is 3.22. The molecule has 3 nitrogen and oxygen atoms in total. The van der Waals surface area contributed by atoms with Gasteiger partial charge in [0.1, 0.15) is 6.04 Å². The van der Waals surface area contributed by atoms with Crippen molar-refractivity contribution < 1.29 is 4.79 Å². The van der Waals surface area contributed by atoms with Crippen molar-refractivity contribution in [2.75, 3.05) is 0 Å². The van der Waals surface area contributed by atoms with Crippen molar-refractivity contribution in [3.8, 4) is 6.07 Å². The molecule has 3 heteroatoms. The summed E-state index contributed by atoms with van der Waals surface area (Å²) in [6.07, 6.45) is 2.86. The fourth-order valence-electron chi connectivity index (χ4n) is 2.55. The lowest BCUT2D eigenvalue weighted by Gasteiger charge is -2.27. The standard InChI is InChI=1S/C11H18N2O/c1-4-9-6-10(7-12)13(8(3)14)11(9)5-2/h9-11H,4-6H2,1-3H3/t9-,10+,11-/m1/s1. The lowest BCUT2D eigenvalue weighted by Crippen LogP contribution is -2.40. The van der Waals surface area contributed by atoms with E-state index in [-0.39, 0.29) is 18.0 Å². The van der Waals surface area contributed by atoms with Crippen molar-refractivity contribution >= 4 is 5.91 Å². The molecule has 0 aromatic carbocycles. The highest BCUT2D eigenvalue weighted by Gasteiger charge is 2.40. The molecule has 0 aromatic heterocycles. The van der Waals surface area contributed by atoms with Crippen LogP contribution >= 0.6 is 0 Å². The molecule has 1 fully saturated rings. The average molecular weight is 194 g/mol. The molecule has 1 heterocycles. The molecule has 1 aliphatic heterocycles. The van der Waals surface area contributed by atoms with E-state index in [2.05, 4.69) is 19.9 Å². The molecule has 0 bridgehead atoms. The van der Waals surface area contributed by atoms with E-state index in [0.717, 1.165) is 19.3 Å². The first-order chi connectivity index (χ1) is 6.65. The first-order valence-corrected chi connectivity index (χ1v) is 5.34. The molecular formula is C11H18N2O. The summed E-state index contributed by atoms with van der Waals surface area (Å²) in [5, 5.41) is 8.97. The Morgan fingerprint density at radius 3 is 2.50 bits per heavy atom. The van der Waals surface area contributed by atoms with Crippen LogP contribution in [0.2, 0.25) is 0 Å². The maximum Gasteiger partial charge on any atom is 0.220 e. The fourth-order valence-corrected chi connectivity index (χ4v) is 2.55. The Hall–Kier alpha value is -1.04. The van der Waals surface area contributed by atoms with E-state index in [1.165, 1.54) is 0 Å². The molecule has 0 aliphatic carbocycles. The molecule has 3 atom stereocenters. The van der Waals surface area contributed by atoms with Crippen LogP contribution in [0.15, 0.2) is 0 Å². The SMILES string of the molecule is CC[C@@H]1C[C@@H](C#N)N(C(C)=O)[C@@H]1CC. The van der Waals surface area contributed by atoms with Crippen LogP contribution in [0, 0.1) is 17.2 Å². The van der Waals surface area contributed by atoms with Crippen molar-refractivity contribution in [3.05, 3.63) is 0 Å². The van der Waals surface area contributed by atoms with Crippen molar-refractivity contribution in [1.82, 2.24) is 4.90 Å². The number of carbonyl (C=O) groups excluding carboxylic acids is 1. The van der Waals surface area contributed by atoms with Gasteiger partial charge >= 0.3 is 0 Å². The van der Waals surface area contributed by atoms with Gasteiger partial charge in [-0.3, -0.25) is 4.79 Å². The van der Waals surface area contributed by atoms with Crippen molar-refractivity contribution in [2.45, 2.75) is 52.1 Å². The van der Waals surface area contributed by atoms with Crippen LogP contribution in [-0.4, -0.2) is 22.9 Å². The highest BCUT2D eigenvalue weighted by atomic mass is 16.2. The van der Waals surface area contributed by atoms with Crippen LogP contribution < -0.4 is 0 Å². The number of hydrogen-bond donors (Lipinski definition) is 0. The molecule has 1 saturated heterocycles. The smallest absolute Gasteiger partial charge is 0.220 e. The lowest BCUT2D eigenvalue weighted by molar-refractivity contribution is -0.131. The zero-order valence-corrected chi connectivity index (χ0v) is 9.16. The zero-order chi connectivity index (χ0) is 10.7. The topological polar surface area (TPSA) is 44.1 Å². The maximum atomic E-state index is 11.4. The highest BCUT2D eigenvalue weighted by Crippen LogP contribution is 2.33. The van der Waals surface area contributed by atoms with Gasteiger partial charge < -0.3 is 4.90 Å². The van der Waals surface area contributed by atoms with E-state index in [1.807, 2.05) is 0 Å². The molecule has 0 N–H and O–H groups in total. The first-order valence-electron chi connectivity index (χ1n) is 5.34. The number of amides is 1. The normalized spacial score (nSPS) is 31.6. The predicted molar refractivity (Wildman–Crippen MR) is 54.4 cm³/mol. The van der Waals surface area contributed by atoms with E-state index >= 15 is 0 Å². The predicted octanol–water partition coefficient (Wildman–Crippen LogP) is 1.94. The van der Waals surface area contributed by atoms with E-state index in [4.69, 9.17) is 5.26 Å². The quantitative estimate of drug-likeness (QED) is 0.674. The molecule has 0 unspecified atom stereocenters. The van der Waals surface area contributed by atoms with E-state index in [9.17, 15) is 4.79 Å². The van der Waals surface area contributed by atoms with Gasteiger partial charge in [0.2, 0.25) is 5.91 Å². The third-order valence-electron chi connectivity index (χ3n) is 3.22. The Kier molecular flexibility index (Phi) is 3.51. The Bertz CT molecular complexity index is 257. The second-order valence-electron chi connectivity index (χ2n) is 3.95. The second-order valence-corrected chi connectivity index (χ2v) is 3.95. The maximum absolute atomic E-state index is 11.4. The van der Waals surface area contributed by atoms with E-state index < -0.39 is 0 Å². The van der Waals surface area contributed by atoms with Crippen LogP contribution in [-0.2, 0) is 4.79 Å². The number of hydrogen-bond acceptors (Lipinski definition) is 2. The molecule has 14 heavy (non-hydrogen) atoms. The summed E-state index contributed by atoms with van der Waals surface area (Å²) in [5.41, 5.74) is 0. The van der Waals surface area contributed by atoms with Gasteiger partial charge in [-0.15, -0.1) is 0 Å². The Morgan fingerprint density at radius 1 is 1.50 bits per heavy atom. The molecule has 0 radical (unpaired) electrons. The van der Waals surface area contributed by atoms with Gasteiger partial charge in [-0.2, -0.15) is 5.26 Å². The molecular weight excluding hydrogens is 176 g/mol. The minimum Gasteiger partial charge on any atom is -0.324 e. The summed E-state index contributed by atoms with van der Waals surface area (Å²) in [7, 11) is 0. The second kappa shape index (κ2) is 4.45. The Balaban J connectivity index is 2.87. The minimum atomic E-state index is -0.192. The zero-order valence-electron chi connectivity index (χ0n) is 9.16. The van der Waals surface area contributed by atoms with Gasteiger partial charge in [0.05, 0.1) is 6.07 Å². The summed E-state index contributed by atoms with van der Waals surface area (Å²) in [4.78, 5) is 13.2. The summed E-state index contributed by atoms with van der Waals surface area (Å²) in [5.74, 6) is 0.549. The van der Waals surface area contributed by atoms with Crippen LogP contribution in [0.25, 0.3) is 0 Å². The first kappa shape index (κ1) is 11.0. The molecule has 0 saturated carbocycles. The third kappa shape index (κ3) is 1.75. The van der Waals surface area contributed by atoms with Crippen molar-refractivity contribution in [1.29, 1.82) is 5.26 Å². The molecule has 0 aromatic rings. The van der Waals surface area contributed by atoms with E-state index in [0.29, 0.717) is 5.92 Å². The van der Waals surface area contributed by atoms with Gasteiger partial charge in [0, 0.05) is 13.0 Å². The molecule has 78 valence electrons. The van der Waals surface area contributed by atoms with Crippen molar-refractivity contribution in [3.63, 3.8) is 0 Å². The van der Waals surface area contributed by atoms with Crippen molar-refractivity contribution in [2.24, 2.45) is 5.92 Å². The summed E-state index contributed by atoms with van der Waals surface area (Å²) >= 11 is 0. The Labute approximate surface area is 85.7 Å². The number of nitrogens with zero attached hydrogens (tertiary/aromatic N) is 2. The summed E-state index contributed by atoms with van der Waals surface area (Å²) < 4.78 is 0. The molecule has 1 rings (SSSR count). The average Bonchev–Trinajstić information content (AvgIpc) is 2.54. The molecule has 1 aliphatic rings. The van der Waals surface area contributed by atoms with Gasteiger partial charge in [-0.25, -0.2) is 0 Å². The van der Waals surface area contributed by atoms with Gasteiger partial charge in [0.25, 0.3) is 0 Å². The number of carbonyl (C=O) groups is 1. The van der Waals surface area contributed by atoms with Crippen LogP contribution in [0.5, 0.6) is 0 Å². The summed E-state index contributed by atoms with van der Waals surface area (Å²) in [6, 6.07) is 2.32. The van der Waals surface area contributed by atoms with E-state index in [1.54, 1.807) is 11.8 Å². The van der Waals surface area contributed by atoms with Crippen LogP contribution in [0.4, 0.5) is 0 Å². The van der Waals surface area contributed by atoms with Crippen LogP contribution in [0.1, 0.15) is 40.0 Å². The number of likely N-dealkylation sites (tertiary alicyclic amines) is 1.